The second-order valence-electron chi connectivity index (χ2n) is 2.26. The quantitative estimate of drug-likeness (QED) is 0.654. The molecule has 3 heteroatoms. The summed E-state index contributed by atoms with van der Waals surface area (Å²) in [5.74, 6) is 0. The Hall–Kier alpha value is -0.410. The summed E-state index contributed by atoms with van der Waals surface area (Å²) in [4.78, 5) is 1.82. The lowest BCUT2D eigenvalue weighted by Crippen LogP contribution is -2.99. The highest BCUT2D eigenvalue weighted by atomic mass is 79.9. The minimum Gasteiger partial charge on any atom is -0.154 e. The molecule has 0 aromatic rings. The Morgan fingerprint density at radius 1 is 1.60 bits per heavy atom. The summed E-state index contributed by atoms with van der Waals surface area (Å²) < 4.78 is 0. The number of nitrogens with zero attached hydrogens (tertiary/aromatic N) is 1. The highest BCUT2D eigenvalue weighted by Crippen LogP contribution is 1.91. The number of rotatable bonds is 1. The van der Waals surface area contributed by atoms with E-state index in [-0.39, 0.29) is 0 Å². The van der Waals surface area contributed by atoms with Gasteiger partial charge in [-0.25, -0.2) is 0 Å². The van der Waals surface area contributed by atoms with Gasteiger partial charge >= 0.3 is 0 Å². The molecule has 10 heavy (non-hydrogen) atoms. The van der Waals surface area contributed by atoms with Gasteiger partial charge < -0.3 is 0 Å². The SMILES string of the molecule is CC1=CC(C)=N[NH+]1/C=C/Br. The van der Waals surface area contributed by atoms with Crippen molar-refractivity contribution in [3.05, 3.63) is 23.0 Å². The minimum absolute atomic E-state index is 1.05. The summed E-state index contributed by atoms with van der Waals surface area (Å²) in [7, 11) is 0. The highest BCUT2D eigenvalue weighted by Gasteiger charge is 2.13. The normalized spacial score (nSPS) is 25.3. The van der Waals surface area contributed by atoms with Crippen molar-refractivity contribution in [2.45, 2.75) is 13.8 Å². The van der Waals surface area contributed by atoms with Crippen molar-refractivity contribution in [1.29, 1.82) is 0 Å². The van der Waals surface area contributed by atoms with E-state index in [1.54, 1.807) is 0 Å². The average molecular weight is 202 g/mol. The van der Waals surface area contributed by atoms with Crippen LogP contribution < -0.4 is 5.01 Å². The van der Waals surface area contributed by atoms with E-state index in [2.05, 4.69) is 34.0 Å². The van der Waals surface area contributed by atoms with E-state index in [4.69, 9.17) is 0 Å². The average Bonchev–Trinajstić information content (AvgIpc) is 2.13. The third-order valence-corrected chi connectivity index (χ3v) is 1.61. The molecule has 1 aliphatic heterocycles. The Morgan fingerprint density at radius 3 is 2.70 bits per heavy atom. The largest absolute Gasteiger partial charge is 0.154 e. The lowest BCUT2D eigenvalue weighted by Gasteiger charge is -1.98. The van der Waals surface area contributed by atoms with Gasteiger partial charge in [-0.05, 0) is 6.92 Å². The van der Waals surface area contributed by atoms with Crippen LogP contribution in [0.3, 0.4) is 0 Å². The van der Waals surface area contributed by atoms with Crippen molar-refractivity contribution in [3.8, 4) is 0 Å². The van der Waals surface area contributed by atoms with Gasteiger partial charge in [-0.2, -0.15) is 5.01 Å². The van der Waals surface area contributed by atoms with Crippen LogP contribution >= 0.6 is 15.9 Å². The maximum atomic E-state index is 4.28. The van der Waals surface area contributed by atoms with E-state index in [9.17, 15) is 0 Å². The zero-order valence-electron chi connectivity index (χ0n) is 6.06. The van der Waals surface area contributed by atoms with E-state index >= 15 is 0 Å². The van der Waals surface area contributed by atoms with Gasteiger partial charge in [-0.15, -0.1) is 0 Å². The van der Waals surface area contributed by atoms with E-state index in [0.29, 0.717) is 0 Å². The number of nitrogens with one attached hydrogen (secondary N) is 1. The van der Waals surface area contributed by atoms with Crippen LogP contribution in [0.2, 0.25) is 0 Å². The molecule has 0 bridgehead atoms. The maximum Gasteiger partial charge on any atom is 0.137 e. The maximum absolute atomic E-state index is 4.28. The van der Waals surface area contributed by atoms with Crippen LogP contribution in [0.25, 0.3) is 0 Å². The van der Waals surface area contributed by atoms with Crippen molar-refractivity contribution < 1.29 is 5.01 Å². The lowest BCUT2D eigenvalue weighted by atomic mass is 10.3. The lowest BCUT2D eigenvalue weighted by molar-refractivity contribution is -0.809. The van der Waals surface area contributed by atoms with E-state index < -0.39 is 0 Å². The van der Waals surface area contributed by atoms with Gasteiger partial charge in [0.15, 0.2) is 0 Å². The molecule has 0 fully saturated rings. The standard InChI is InChI=1S/C7H9BrN2/c1-6-5-7(2)10(9-6)4-3-8/h3-5H,1-2H3/p+1/b4-3+. The number of allylic oxidation sites excluding steroid dienone is 2. The van der Waals surface area contributed by atoms with Crippen molar-refractivity contribution >= 4 is 21.6 Å². The van der Waals surface area contributed by atoms with Gasteiger partial charge in [-0.3, -0.25) is 0 Å². The molecule has 0 aliphatic carbocycles. The smallest absolute Gasteiger partial charge is 0.137 e. The van der Waals surface area contributed by atoms with E-state index in [1.165, 1.54) is 5.70 Å². The van der Waals surface area contributed by atoms with Crippen LogP contribution in [-0.2, 0) is 0 Å². The first-order chi connectivity index (χ1) is 4.74. The molecule has 54 valence electrons. The fourth-order valence-corrected chi connectivity index (χ4v) is 1.18. The second-order valence-corrected chi connectivity index (χ2v) is 2.79. The molecule has 0 amide bonds. The summed E-state index contributed by atoms with van der Waals surface area (Å²) in [6.07, 6.45) is 4.02. The molecule has 1 N–H and O–H groups in total. The number of halogens is 1. The van der Waals surface area contributed by atoms with Crippen molar-refractivity contribution in [2.24, 2.45) is 5.10 Å². The third-order valence-electron chi connectivity index (χ3n) is 1.35. The van der Waals surface area contributed by atoms with E-state index in [0.717, 1.165) is 10.7 Å². The number of hydrogen-bond acceptors (Lipinski definition) is 1. The zero-order chi connectivity index (χ0) is 7.56. The molecule has 0 aromatic carbocycles. The van der Waals surface area contributed by atoms with Crippen molar-refractivity contribution in [3.63, 3.8) is 0 Å². The first-order valence-electron chi connectivity index (χ1n) is 3.11. The van der Waals surface area contributed by atoms with Crippen LogP contribution in [0.1, 0.15) is 13.8 Å². The summed E-state index contributed by atoms with van der Waals surface area (Å²) in [6, 6.07) is 0. The molecule has 2 nitrogen and oxygen atoms in total. The van der Waals surface area contributed by atoms with Gasteiger partial charge in [0.1, 0.15) is 11.9 Å². The van der Waals surface area contributed by atoms with Crippen molar-refractivity contribution in [2.75, 3.05) is 0 Å². The summed E-state index contributed by atoms with van der Waals surface area (Å²) >= 11 is 3.21. The van der Waals surface area contributed by atoms with Crippen LogP contribution in [-0.4, -0.2) is 5.71 Å². The Labute approximate surface area is 69.0 Å². The zero-order valence-corrected chi connectivity index (χ0v) is 7.64. The summed E-state index contributed by atoms with van der Waals surface area (Å²) in [5.41, 5.74) is 2.31. The molecular weight excluding hydrogens is 192 g/mol. The molecule has 1 atom stereocenters. The fourth-order valence-electron chi connectivity index (χ4n) is 0.926. The van der Waals surface area contributed by atoms with Crippen LogP contribution in [0, 0.1) is 0 Å². The Bertz CT molecular complexity index is 216. The Balaban J connectivity index is 2.74. The monoisotopic (exact) mass is 201 g/mol. The molecule has 0 saturated heterocycles. The molecule has 0 aromatic heterocycles. The second kappa shape index (κ2) is 3.12. The Morgan fingerprint density at radius 2 is 2.30 bits per heavy atom. The van der Waals surface area contributed by atoms with E-state index in [1.807, 2.05) is 18.1 Å². The van der Waals surface area contributed by atoms with Crippen LogP contribution in [0.5, 0.6) is 0 Å². The van der Waals surface area contributed by atoms with Crippen LogP contribution in [0.15, 0.2) is 28.1 Å². The highest BCUT2D eigenvalue weighted by molar-refractivity contribution is 9.11. The van der Waals surface area contributed by atoms with Crippen LogP contribution in [0.4, 0.5) is 0 Å². The van der Waals surface area contributed by atoms with Gasteiger partial charge in [0, 0.05) is 18.0 Å². The third kappa shape index (κ3) is 1.55. The molecule has 1 rings (SSSR count). The predicted molar refractivity (Wildman–Crippen MR) is 45.9 cm³/mol. The number of quaternary nitrogens is 1. The molecule has 0 spiro atoms. The minimum atomic E-state index is 1.05. The fraction of sp³-hybridized carbons (Fsp3) is 0.286. The first-order valence-corrected chi connectivity index (χ1v) is 4.03. The summed E-state index contributed by atoms with van der Waals surface area (Å²) in [6.45, 7) is 4.06. The van der Waals surface area contributed by atoms with Crippen molar-refractivity contribution in [1.82, 2.24) is 0 Å². The summed E-state index contributed by atoms with van der Waals surface area (Å²) in [5, 5.41) is 5.33. The Kier molecular flexibility index (Phi) is 2.40. The van der Waals surface area contributed by atoms with Gasteiger partial charge in [-0.1, -0.05) is 21.0 Å². The predicted octanol–water partition coefficient (Wildman–Crippen LogP) is 1.03. The van der Waals surface area contributed by atoms with Gasteiger partial charge in [0.05, 0.1) is 5.71 Å². The molecule has 1 aliphatic rings. The van der Waals surface area contributed by atoms with Gasteiger partial charge in [0.2, 0.25) is 0 Å². The molecule has 1 unspecified atom stereocenters. The topological polar surface area (TPSA) is 16.8 Å². The molecule has 0 radical (unpaired) electrons. The molecule has 0 saturated carbocycles. The first kappa shape index (κ1) is 7.69. The van der Waals surface area contributed by atoms with Gasteiger partial charge in [0.25, 0.3) is 0 Å². The molecular formula is C7H10BrN2+. The molecule has 1 heterocycles. The number of hydrogen-bond donors (Lipinski definition) is 1.